The summed E-state index contributed by atoms with van der Waals surface area (Å²) in [5.74, 6) is -0.291. The van der Waals surface area contributed by atoms with E-state index in [0.29, 0.717) is 12.1 Å². The first-order chi connectivity index (χ1) is 9.06. The summed E-state index contributed by atoms with van der Waals surface area (Å²) in [4.78, 5) is 1.21. The Bertz CT molecular complexity index is 528. The molecular formula is C14H15BrFNOS. The third-order valence-corrected chi connectivity index (χ3v) is 4.70. The number of halogens is 2. The van der Waals surface area contributed by atoms with Gasteiger partial charge in [-0.3, -0.25) is 0 Å². The van der Waals surface area contributed by atoms with Crippen molar-refractivity contribution < 1.29 is 9.50 Å². The molecule has 0 fully saturated rings. The van der Waals surface area contributed by atoms with E-state index in [0.717, 1.165) is 3.79 Å². The first kappa shape index (κ1) is 14.7. The van der Waals surface area contributed by atoms with Gasteiger partial charge in [0.15, 0.2) is 0 Å². The maximum Gasteiger partial charge on any atom is 0.123 e. The van der Waals surface area contributed by atoms with E-state index in [4.69, 9.17) is 0 Å². The fraction of sp³-hybridized carbons (Fsp3) is 0.286. The molecule has 0 aliphatic rings. The monoisotopic (exact) mass is 343 g/mol. The quantitative estimate of drug-likeness (QED) is 0.858. The first-order valence-electron chi connectivity index (χ1n) is 5.98. The molecule has 0 saturated carbocycles. The van der Waals surface area contributed by atoms with Crippen molar-refractivity contribution in [1.29, 1.82) is 0 Å². The van der Waals surface area contributed by atoms with Crippen molar-refractivity contribution in [3.8, 4) is 0 Å². The van der Waals surface area contributed by atoms with E-state index >= 15 is 0 Å². The molecule has 1 aromatic heterocycles. The van der Waals surface area contributed by atoms with Crippen LogP contribution in [0.3, 0.4) is 0 Å². The van der Waals surface area contributed by atoms with Crippen LogP contribution in [0, 0.1) is 5.82 Å². The number of hydrogen-bond acceptors (Lipinski definition) is 3. The van der Waals surface area contributed by atoms with Crippen LogP contribution in [0.1, 0.15) is 29.5 Å². The van der Waals surface area contributed by atoms with E-state index in [1.54, 1.807) is 23.5 Å². The Morgan fingerprint density at radius 3 is 2.53 bits per heavy atom. The van der Waals surface area contributed by atoms with E-state index < -0.39 is 6.10 Å². The number of hydrogen-bond donors (Lipinski definition) is 2. The molecule has 1 heterocycles. The molecule has 2 aromatic rings. The molecule has 2 unspecified atom stereocenters. The first-order valence-corrected chi connectivity index (χ1v) is 7.59. The highest BCUT2D eigenvalue weighted by Gasteiger charge is 2.12. The zero-order valence-electron chi connectivity index (χ0n) is 10.4. The lowest BCUT2D eigenvalue weighted by Crippen LogP contribution is -2.24. The fourth-order valence-corrected chi connectivity index (χ4v) is 3.20. The van der Waals surface area contributed by atoms with Gasteiger partial charge in [-0.15, -0.1) is 11.3 Å². The van der Waals surface area contributed by atoms with Crippen molar-refractivity contribution in [3.63, 3.8) is 0 Å². The second-order valence-electron chi connectivity index (χ2n) is 4.34. The van der Waals surface area contributed by atoms with Gasteiger partial charge < -0.3 is 10.4 Å². The molecule has 102 valence electrons. The van der Waals surface area contributed by atoms with Crippen LogP contribution in [-0.4, -0.2) is 11.7 Å². The van der Waals surface area contributed by atoms with Crippen molar-refractivity contribution in [2.24, 2.45) is 0 Å². The average molecular weight is 344 g/mol. The van der Waals surface area contributed by atoms with Gasteiger partial charge in [-0.1, -0.05) is 12.1 Å². The molecule has 1 aromatic carbocycles. The summed E-state index contributed by atoms with van der Waals surface area (Å²) in [6.07, 6.45) is -0.633. The third-order valence-electron chi connectivity index (χ3n) is 2.89. The SMILES string of the molecule is CC(NCC(O)c1ccc(F)cc1)c1ccc(Br)s1. The van der Waals surface area contributed by atoms with E-state index in [1.807, 2.05) is 6.07 Å². The maximum atomic E-state index is 12.8. The number of aliphatic hydroxyl groups excluding tert-OH is 1. The average Bonchev–Trinajstić information content (AvgIpc) is 2.83. The largest absolute Gasteiger partial charge is 0.387 e. The summed E-state index contributed by atoms with van der Waals surface area (Å²) in [6.45, 7) is 2.48. The molecule has 0 amide bonds. The number of benzene rings is 1. The third kappa shape index (κ3) is 4.11. The van der Waals surface area contributed by atoms with Gasteiger partial charge in [0.2, 0.25) is 0 Å². The smallest absolute Gasteiger partial charge is 0.123 e. The highest BCUT2D eigenvalue weighted by atomic mass is 79.9. The molecule has 2 N–H and O–H groups in total. The summed E-state index contributed by atoms with van der Waals surface area (Å²) in [5.41, 5.74) is 0.716. The van der Waals surface area contributed by atoms with Crippen molar-refractivity contribution in [1.82, 2.24) is 5.32 Å². The summed E-state index contributed by atoms with van der Waals surface area (Å²) < 4.78 is 13.9. The zero-order valence-corrected chi connectivity index (χ0v) is 12.8. The second kappa shape index (κ2) is 6.61. The van der Waals surface area contributed by atoms with Crippen LogP contribution in [0.5, 0.6) is 0 Å². The standard InChI is InChI=1S/C14H15BrFNOS/c1-9(13-6-7-14(15)19-13)17-8-12(18)10-2-4-11(16)5-3-10/h2-7,9,12,17-18H,8H2,1H3. The van der Waals surface area contributed by atoms with Gasteiger partial charge in [0.1, 0.15) is 5.82 Å². The normalized spacial score (nSPS) is 14.3. The second-order valence-corrected chi connectivity index (χ2v) is 6.83. The number of rotatable bonds is 5. The molecule has 5 heteroatoms. The van der Waals surface area contributed by atoms with Crippen molar-refractivity contribution >= 4 is 27.3 Å². The molecular weight excluding hydrogens is 329 g/mol. The molecule has 0 bridgehead atoms. The van der Waals surface area contributed by atoms with Crippen LogP contribution in [0.4, 0.5) is 4.39 Å². The van der Waals surface area contributed by atoms with Crippen LogP contribution in [-0.2, 0) is 0 Å². The van der Waals surface area contributed by atoms with Gasteiger partial charge in [0.25, 0.3) is 0 Å². The molecule has 0 aliphatic carbocycles. The van der Waals surface area contributed by atoms with Crippen molar-refractivity contribution in [3.05, 3.63) is 56.4 Å². The van der Waals surface area contributed by atoms with Gasteiger partial charge in [-0.05, 0) is 52.7 Å². The highest BCUT2D eigenvalue weighted by molar-refractivity contribution is 9.11. The van der Waals surface area contributed by atoms with Crippen LogP contribution < -0.4 is 5.32 Å². The van der Waals surface area contributed by atoms with Crippen molar-refractivity contribution in [2.45, 2.75) is 19.1 Å². The Kier molecular flexibility index (Phi) is 5.10. The van der Waals surface area contributed by atoms with Gasteiger partial charge in [0.05, 0.1) is 9.89 Å². The minimum absolute atomic E-state index is 0.173. The van der Waals surface area contributed by atoms with Crippen LogP contribution in [0.2, 0.25) is 0 Å². The number of aliphatic hydroxyl groups is 1. The van der Waals surface area contributed by atoms with Crippen LogP contribution >= 0.6 is 27.3 Å². The predicted molar refractivity (Wildman–Crippen MR) is 79.8 cm³/mol. The fourth-order valence-electron chi connectivity index (χ4n) is 1.75. The Morgan fingerprint density at radius 2 is 1.95 bits per heavy atom. The molecule has 2 rings (SSSR count). The lowest BCUT2D eigenvalue weighted by molar-refractivity contribution is 0.171. The number of nitrogens with one attached hydrogen (secondary N) is 1. The van der Waals surface area contributed by atoms with Crippen LogP contribution in [0.15, 0.2) is 40.2 Å². The van der Waals surface area contributed by atoms with E-state index in [2.05, 4.69) is 34.2 Å². The summed E-state index contributed by atoms with van der Waals surface area (Å²) in [5, 5.41) is 13.3. The van der Waals surface area contributed by atoms with Gasteiger partial charge in [-0.2, -0.15) is 0 Å². The summed E-state index contributed by atoms with van der Waals surface area (Å²) in [7, 11) is 0. The minimum atomic E-state index is -0.633. The molecule has 19 heavy (non-hydrogen) atoms. The predicted octanol–water partition coefficient (Wildman–Crippen LogP) is 4.03. The molecule has 0 aliphatic heterocycles. The molecule has 0 radical (unpaired) electrons. The van der Waals surface area contributed by atoms with E-state index in [-0.39, 0.29) is 11.9 Å². The molecule has 0 spiro atoms. The highest BCUT2D eigenvalue weighted by Crippen LogP contribution is 2.27. The van der Waals surface area contributed by atoms with Gasteiger partial charge >= 0.3 is 0 Å². The van der Waals surface area contributed by atoms with Gasteiger partial charge in [-0.25, -0.2) is 4.39 Å². The molecule has 2 atom stereocenters. The Hall–Kier alpha value is -0.750. The topological polar surface area (TPSA) is 32.3 Å². The Balaban J connectivity index is 1.89. The molecule has 0 saturated heterocycles. The van der Waals surface area contributed by atoms with Gasteiger partial charge in [0, 0.05) is 17.5 Å². The minimum Gasteiger partial charge on any atom is -0.387 e. The lowest BCUT2D eigenvalue weighted by Gasteiger charge is -2.16. The Labute approximate surface area is 124 Å². The Morgan fingerprint density at radius 1 is 1.26 bits per heavy atom. The molecule has 2 nitrogen and oxygen atoms in total. The summed E-state index contributed by atoms with van der Waals surface area (Å²) in [6, 6.07) is 10.2. The summed E-state index contributed by atoms with van der Waals surface area (Å²) >= 11 is 5.10. The zero-order chi connectivity index (χ0) is 13.8. The lowest BCUT2D eigenvalue weighted by atomic mass is 10.1. The van der Waals surface area contributed by atoms with E-state index in [9.17, 15) is 9.50 Å². The maximum absolute atomic E-state index is 12.8. The van der Waals surface area contributed by atoms with Crippen LogP contribution in [0.25, 0.3) is 0 Å². The van der Waals surface area contributed by atoms with Crippen molar-refractivity contribution in [2.75, 3.05) is 6.54 Å². The van der Waals surface area contributed by atoms with E-state index in [1.165, 1.54) is 17.0 Å². The number of thiophene rings is 1.